The third-order valence-corrected chi connectivity index (χ3v) is 2.15. The summed E-state index contributed by atoms with van der Waals surface area (Å²) < 4.78 is 0. The van der Waals surface area contributed by atoms with Crippen LogP contribution in [0.3, 0.4) is 0 Å². The SMILES string of the molecule is Cc1cc(O)cc(C)c1Cl.NCCO. The molecule has 1 rings (SSSR count). The average Bonchev–Trinajstić information content (AvgIpc) is 2.14. The molecule has 0 atom stereocenters. The Morgan fingerprint density at radius 2 is 1.64 bits per heavy atom. The van der Waals surface area contributed by atoms with Crippen LogP contribution in [0.2, 0.25) is 5.02 Å². The van der Waals surface area contributed by atoms with Gasteiger partial charge in [-0.3, -0.25) is 0 Å². The maximum atomic E-state index is 9.06. The molecule has 3 nitrogen and oxygen atoms in total. The minimum absolute atomic E-state index is 0.0972. The summed E-state index contributed by atoms with van der Waals surface area (Å²) in [5, 5.41) is 17.5. The fourth-order valence-electron chi connectivity index (χ4n) is 0.923. The summed E-state index contributed by atoms with van der Waals surface area (Å²) in [6.07, 6.45) is 0. The van der Waals surface area contributed by atoms with Gasteiger partial charge in [0.2, 0.25) is 0 Å². The van der Waals surface area contributed by atoms with Crippen LogP contribution in [0.5, 0.6) is 5.75 Å². The van der Waals surface area contributed by atoms with Gasteiger partial charge in [-0.15, -0.1) is 0 Å². The van der Waals surface area contributed by atoms with Crippen LogP contribution in [0.15, 0.2) is 12.1 Å². The quantitative estimate of drug-likeness (QED) is 0.670. The monoisotopic (exact) mass is 217 g/mol. The minimum Gasteiger partial charge on any atom is -0.508 e. The third-order valence-electron chi connectivity index (χ3n) is 1.55. The average molecular weight is 218 g/mol. The molecule has 1 aromatic rings. The van der Waals surface area contributed by atoms with E-state index < -0.39 is 0 Å². The van der Waals surface area contributed by atoms with E-state index >= 15 is 0 Å². The standard InChI is InChI=1S/C8H9ClO.C2H7NO/c1-5-3-7(10)4-6(2)8(5)9;3-1-2-4/h3-4,10H,1-2H3;4H,1-3H2. The fraction of sp³-hybridized carbons (Fsp3) is 0.400. The zero-order valence-electron chi connectivity index (χ0n) is 8.42. The summed E-state index contributed by atoms with van der Waals surface area (Å²) in [5.41, 5.74) is 6.61. The molecule has 0 radical (unpaired) electrons. The van der Waals surface area contributed by atoms with Crippen molar-refractivity contribution in [1.29, 1.82) is 0 Å². The van der Waals surface area contributed by atoms with E-state index in [1.54, 1.807) is 12.1 Å². The molecule has 4 heteroatoms. The van der Waals surface area contributed by atoms with Crippen molar-refractivity contribution in [2.45, 2.75) is 13.8 Å². The first kappa shape index (κ1) is 13.2. The molecule has 1 aromatic carbocycles. The topological polar surface area (TPSA) is 66.5 Å². The molecule has 0 fully saturated rings. The molecule has 0 saturated heterocycles. The maximum absolute atomic E-state index is 9.06. The van der Waals surface area contributed by atoms with Crippen molar-refractivity contribution in [2.24, 2.45) is 5.73 Å². The van der Waals surface area contributed by atoms with Crippen LogP contribution in [0.1, 0.15) is 11.1 Å². The van der Waals surface area contributed by atoms with E-state index in [0.29, 0.717) is 6.54 Å². The molecule has 0 saturated carbocycles. The first-order valence-corrected chi connectivity index (χ1v) is 4.67. The molecule has 0 aliphatic heterocycles. The van der Waals surface area contributed by atoms with Gasteiger partial charge < -0.3 is 15.9 Å². The van der Waals surface area contributed by atoms with E-state index in [1.807, 2.05) is 13.8 Å². The lowest BCUT2D eigenvalue weighted by atomic mass is 10.1. The predicted molar refractivity (Wildman–Crippen MR) is 58.7 cm³/mol. The highest BCUT2D eigenvalue weighted by Gasteiger charge is 1.99. The molecule has 0 amide bonds. The molecule has 14 heavy (non-hydrogen) atoms. The Balaban J connectivity index is 0.000000364. The van der Waals surface area contributed by atoms with Crippen molar-refractivity contribution in [3.05, 3.63) is 28.3 Å². The van der Waals surface area contributed by atoms with E-state index in [-0.39, 0.29) is 12.4 Å². The van der Waals surface area contributed by atoms with Gasteiger partial charge in [0.25, 0.3) is 0 Å². The Morgan fingerprint density at radius 3 is 1.93 bits per heavy atom. The number of aromatic hydroxyl groups is 1. The summed E-state index contributed by atoms with van der Waals surface area (Å²) in [7, 11) is 0. The van der Waals surface area contributed by atoms with Gasteiger partial charge >= 0.3 is 0 Å². The lowest BCUT2D eigenvalue weighted by Crippen LogP contribution is -2.02. The molecule has 0 bridgehead atoms. The van der Waals surface area contributed by atoms with Crippen LogP contribution < -0.4 is 5.73 Å². The van der Waals surface area contributed by atoms with Gasteiger partial charge in [-0.1, -0.05) is 11.6 Å². The molecule has 0 spiro atoms. The first-order valence-electron chi connectivity index (χ1n) is 4.29. The Hall–Kier alpha value is -0.770. The van der Waals surface area contributed by atoms with E-state index in [0.717, 1.165) is 16.1 Å². The summed E-state index contributed by atoms with van der Waals surface area (Å²) in [4.78, 5) is 0. The largest absolute Gasteiger partial charge is 0.508 e. The molecule has 0 aliphatic rings. The number of hydrogen-bond acceptors (Lipinski definition) is 3. The lowest BCUT2D eigenvalue weighted by molar-refractivity contribution is 0.306. The highest BCUT2D eigenvalue weighted by Crippen LogP contribution is 2.24. The number of aliphatic hydroxyl groups excluding tert-OH is 1. The summed E-state index contributed by atoms with van der Waals surface area (Å²) in [5.74, 6) is 0.277. The zero-order chi connectivity index (χ0) is 11.1. The highest BCUT2D eigenvalue weighted by atomic mass is 35.5. The van der Waals surface area contributed by atoms with Crippen molar-refractivity contribution in [3.63, 3.8) is 0 Å². The summed E-state index contributed by atoms with van der Waals surface area (Å²) >= 11 is 5.84. The Bertz CT molecular complexity index is 264. The maximum Gasteiger partial charge on any atom is 0.116 e. The number of hydrogen-bond donors (Lipinski definition) is 3. The van der Waals surface area contributed by atoms with Gasteiger partial charge in [-0.05, 0) is 37.1 Å². The van der Waals surface area contributed by atoms with Crippen molar-refractivity contribution in [2.75, 3.05) is 13.2 Å². The second-order valence-corrected chi connectivity index (χ2v) is 3.28. The first-order chi connectivity index (χ1) is 6.52. The van der Waals surface area contributed by atoms with Gasteiger partial charge in [0.15, 0.2) is 0 Å². The second kappa shape index (κ2) is 6.65. The highest BCUT2D eigenvalue weighted by molar-refractivity contribution is 6.32. The molecular weight excluding hydrogens is 202 g/mol. The Kier molecular flexibility index (Phi) is 6.28. The van der Waals surface area contributed by atoms with Crippen LogP contribution in [0.4, 0.5) is 0 Å². The minimum atomic E-state index is 0.0972. The van der Waals surface area contributed by atoms with E-state index in [2.05, 4.69) is 0 Å². The number of rotatable bonds is 1. The van der Waals surface area contributed by atoms with Gasteiger partial charge in [-0.25, -0.2) is 0 Å². The van der Waals surface area contributed by atoms with Gasteiger partial charge in [0.1, 0.15) is 5.75 Å². The molecule has 0 unspecified atom stereocenters. The van der Waals surface area contributed by atoms with Crippen LogP contribution in [-0.2, 0) is 0 Å². The Morgan fingerprint density at radius 1 is 1.29 bits per heavy atom. The summed E-state index contributed by atoms with van der Waals surface area (Å²) in [6, 6.07) is 3.30. The van der Waals surface area contributed by atoms with Crippen LogP contribution in [-0.4, -0.2) is 23.4 Å². The number of halogens is 1. The van der Waals surface area contributed by atoms with Crippen molar-refractivity contribution >= 4 is 11.6 Å². The summed E-state index contributed by atoms with van der Waals surface area (Å²) in [6.45, 7) is 4.21. The van der Waals surface area contributed by atoms with Gasteiger partial charge in [0, 0.05) is 11.6 Å². The second-order valence-electron chi connectivity index (χ2n) is 2.91. The van der Waals surface area contributed by atoms with Crippen LogP contribution in [0.25, 0.3) is 0 Å². The molecule has 0 aromatic heterocycles. The van der Waals surface area contributed by atoms with Crippen molar-refractivity contribution in [1.82, 2.24) is 0 Å². The number of aliphatic hydroxyl groups is 1. The number of phenolic OH excluding ortho intramolecular Hbond substituents is 1. The predicted octanol–water partition coefficient (Wildman–Crippen LogP) is 1.60. The zero-order valence-corrected chi connectivity index (χ0v) is 9.17. The molecule has 4 N–H and O–H groups in total. The smallest absolute Gasteiger partial charge is 0.116 e. The van der Waals surface area contributed by atoms with Gasteiger partial charge in [-0.2, -0.15) is 0 Å². The molecule has 80 valence electrons. The fourth-order valence-corrected chi connectivity index (χ4v) is 1.03. The lowest BCUT2D eigenvalue weighted by Gasteiger charge is -2.01. The number of aryl methyl sites for hydroxylation is 2. The van der Waals surface area contributed by atoms with Crippen molar-refractivity contribution in [3.8, 4) is 5.75 Å². The third kappa shape index (κ3) is 4.46. The van der Waals surface area contributed by atoms with E-state index in [9.17, 15) is 0 Å². The normalized spacial score (nSPS) is 9.21. The molecule has 0 aliphatic carbocycles. The van der Waals surface area contributed by atoms with Crippen LogP contribution in [0, 0.1) is 13.8 Å². The van der Waals surface area contributed by atoms with E-state index in [4.69, 9.17) is 27.5 Å². The molecular formula is C10H16ClNO2. The van der Waals surface area contributed by atoms with Crippen LogP contribution >= 0.6 is 11.6 Å². The van der Waals surface area contributed by atoms with Crippen molar-refractivity contribution < 1.29 is 10.2 Å². The number of phenols is 1. The van der Waals surface area contributed by atoms with E-state index in [1.165, 1.54) is 0 Å². The number of benzene rings is 1. The Labute approximate surface area is 89.1 Å². The number of nitrogens with two attached hydrogens (primary N) is 1. The van der Waals surface area contributed by atoms with Gasteiger partial charge in [0.05, 0.1) is 6.61 Å². The molecule has 0 heterocycles.